The second kappa shape index (κ2) is 7.93. The summed E-state index contributed by atoms with van der Waals surface area (Å²) in [6.45, 7) is 0.506. The third kappa shape index (κ3) is 3.68. The van der Waals surface area contributed by atoms with Crippen LogP contribution >= 0.6 is 0 Å². The molecule has 0 spiro atoms. The SMILES string of the molecule is COc1ccc2[nH]c3c(c2c1)CCN(C(=O)C1CC1)[C@@H]3c1ccc(-c2ccccc2C(F)(F)F)o1. The third-order valence-corrected chi connectivity index (χ3v) is 6.94. The fraction of sp³-hybridized carbons (Fsp3) is 0.296. The number of aromatic amines is 1. The summed E-state index contributed by atoms with van der Waals surface area (Å²) in [5, 5.41) is 1.01. The van der Waals surface area contributed by atoms with Gasteiger partial charge in [-0.3, -0.25) is 4.79 Å². The lowest BCUT2D eigenvalue weighted by atomic mass is 9.95. The highest BCUT2D eigenvalue weighted by atomic mass is 19.4. The van der Waals surface area contributed by atoms with Gasteiger partial charge in [0.15, 0.2) is 0 Å². The van der Waals surface area contributed by atoms with Gasteiger partial charge in [-0.15, -0.1) is 0 Å². The molecule has 3 heterocycles. The molecule has 2 aliphatic rings. The number of hydrogen-bond donors (Lipinski definition) is 1. The Labute approximate surface area is 199 Å². The summed E-state index contributed by atoms with van der Waals surface area (Å²) in [6, 6.07) is 13.8. The van der Waals surface area contributed by atoms with E-state index in [1.807, 2.05) is 23.1 Å². The summed E-state index contributed by atoms with van der Waals surface area (Å²) in [5.74, 6) is 1.35. The summed E-state index contributed by atoms with van der Waals surface area (Å²) < 4.78 is 52.4. The minimum atomic E-state index is -4.51. The normalized spacial score (nSPS) is 18.1. The predicted molar refractivity (Wildman–Crippen MR) is 124 cm³/mol. The molecule has 4 aromatic rings. The highest BCUT2D eigenvalue weighted by Gasteiger charge is 2.42. The number of furan rings is 1. The minimum Gasteiger partial charge on any atom is -0.497 e. The van der Waals surface area contributed by atoms with Crippen LogP contribution in [0.1, 0.15) is 41.5 Å². The van der Waals surface area contributed by atoms with Crippen LogP contribution in [0.4, 0.5) is 13.2 Å². The maximum absolute atomic E-state index is 13.6. The molecule has 35 heavy (non-hydrogen) atoms. The van der Waals surface area contributed by atoms with Crippen LogP contribution < -0.4 is 4.74 Å². The van der Waals surface area contributed by atoms with E-state index < -0.39 is 17.8 Å². The first-order chi connectivity index (χ1) is 16.8. The van der Waals surface area contributed by atoms with Gasteiger partial charge in [-0.2, -0.15) is 13.2 Å². The zero-order valence-electron chi connectivity index (χ0n) is 19.0. The highest BCUT2D eigenvalue weighted by molar-refractivity contribution is 5.88. The smallest absolute Gasteiger partial charge is 0.417 e. The number of ether oxygens (including phenoxy) is 1. The predicted octanol–water partition coefficient (Wildman–Crippen LogP) is 6.34. The Morgan fingerprint density at radius 1 is 1.11 bits per heavy atom. The van der Waals surface area contributed by atoms with E-state index in [1.54, 1.807) is 25.3 Å². The maximum atomic E-state index is 13.6. The van der Waals surface area contributed by atoms with E-state index >= 15 is 0 Å². The number of rotatable bonds is 4. The van der Waals surface area contributed by atoms with Crippen LogP contribution in [0.3, 0.4) is 0 Å². The Bertz CT molecular complexity index is 1430. The first-order valence-corrected chi connectivity index (χ1v) is 11.6. The van der Waals surface area contributed by atoms with Crippen LogP contribution in [0.2, 0.25) is 0 Å². The second-order valence-electron chi connectivity index (χ2n) is 9.13. The number of H-pyrrole nitrogens is 1. The van der Waals surface area contributed by atoms with Crippen molar-refractivity contribution < 1.29 is 27.1 Å². The molecule has 0 bridgehead atoms. The summed E-state index contributed by atoms with van der Waals surface area (Å²) in [5.41, 5.74) is 2.03. The minimum absolute atomic E-state index is 0.00362. The van der Waals surface area contributed by atoms with Gasteiger partial charge in [0, 0.05) is 28.9 Å². The fourth-order valence-electron chi connectivity index (χ4n) is 5.08. The van der Waals surface area contributed by atoms with Crippen LogP contribution in [-0.4, -0.2) is 29.4 Å². The Hall–Kier alpha value is -3.68. The molecule has 5 nitrogen and oxygen atoms in total. The number of fused-ring (bicyclic) bond motifs is 3. The number of amides is 1. The molecule has 8 heteroatoms. The topological polar surface area (TPSA) is 58.5 Å². The van der Waals surface area contributed by atoms with Crippen LogP contribution in [0.25, 0.3) is 22.2 Å². The van der Waals surface area contributed by atoms with E-state index in [4.69, 9.17) is 9.15 Å². The van der Waals surface area contributed by atoms with E-state index in [9.17, 15) is 18.0 Å². The van der Waals surface area contributed by atoms with Crippen molar-refractivity contribution in [3.05, 3.63) is 77.2 Å². The zero-order chi connectivity index (χ0) is 24.3. The highest BCUT2D eigenvalue weighted by Crippen LogP contribution is 2.44. The number of carbonyl (C=O) groups is 1. The number of carbonyl (C=O) groups excluding carboxylic acids is 1. The zero-order valence-corrected chi connectivity index (χ0v) is 19.0. The Morgan fingerprint density at radius 3 is 2.66 bits per heavy atom. The molecule has 1 atom stereocenters. The molecule has 6 rings (SSSR count). The quantitative estimate of drug-likeness (QED) is 0.371. The van der Waals surface area contributed by atoms with Gasteiger partial charge in [0.1, 0.15) is 23.3 Å². The molecule has 0 radical (unpaired) electrons. The molecular formula is C27H23F3N2O3. The molecule has 1 saturated carbocycles. The van der Waals surface area contributed by atoms with Crippen LogP contribution in [0, 0.1) is 5.92 Å². The van der Waals surface area contributed by atoms with Crippen LogP contribution in [0.15, 0.2) is 59.0 Å². The maximum Gasteiger partial charge on any atom is 0.417 e. The van der Waals surface area contributed by atoms with Gasteiger partial charge in [-0.05, 0) is 61.2 Å². The van der Waals surface area contributed by atoms with Crippen molar-refractivity contribution in [2.45, 2.75) is 31.5 Å². The summed E-state index contributed by atoms with van der Waals surface area (Å²) in [7, 11) is 1.61. The lowest BCUT2D eigenvalue weighted by molar-refractivity contribution is -0.137. The van der Waals surface area contributed by atoms with Crippen molar-refractivity contribution in [3.63, 3.8) is 0 Å². The van der Waals surface area contributed by atoms with Gasteiger partial charge in [-0.25, -0.2) is 0 Å². The largest absolute Gasteiger partial charge is 0.497 e. The molecule has 0 unspecified atom stereocenters. The number of benzene rings is 2. The Kier molecular flexibility index (Phi) is 4.95. The molecule has 1 N–H and O–H groups in total. The molecule has 1 amide bonds. The average molecular weight is 480 g/mol. The van der Waals surface area contributed by atoms with E-state index in [2.05, 4.69) is 4.98 Å². The summed E-state index contributed by atoms with van der Waals surface area (Å²) in [6.07, 6.45) is -2.12. The van der Waals surface area contributed by atoms with Crippen molar-refractivity contribution >= 4 is 16.8 Å². The molecule has 1 fully saturated rings. The van der Waals surface area contributed by atoms with E-state index in [-0.39, 0.29) is 23.1 Å². The number of nitrogens with zero attached hydrogens (tertiary/aromatic N) is 1. The van der Waals surface area contributed by atoms with Crippen LogP contribution in [0.5, 0.6) is 5.75 Å². The number of nitrogens with one attached hydrogen (secondary N) is 1. The fourth-order valence-corrected chi connectivity index (χ4v) is 5.08. The number of hydrogen-bond acceptors (Lipinski definition) is 3. The third-order valence-electron chi connectivity index (χ3n) is 6.94. The lowest BCUT2D eigenvalue weighted by Crippen LogP contribution is -2.41. The van der Waals surface area contributed by atoms with Gasteiger partial charge in [0.25, 0.3) is 0 Å². The van der Waals surface area contributed by atoms with Gasteiger partial charge >= 0.3 is 6.18 Å². The number of aromatic nitrogens is 1. The Morgan fingerprint density at radius 2 is 1.91 bits per heavy atom. The first kappa shape index (κ1) is 21.8. The summed E-state index contributed by atoms with van der Waals surface area (Å²) in [4.78, 5) is 18.5. The standard InChI is InChI=1S/C27H23F3N2O3/c1-34-16-8-9-21-19(14-16)17-12-13-32(26(33)15-6-7-15)25(24(17)31-21)23-11-10-22(35-23)18-4-2-3-5-20(18)27(28,29)30/h2-5,8-11,14-15,25,31H,6-7,12-13H2,1H3/t25-/m1/s1. The number of halogens is 3. The molecular weight excluding hydrogens is 457 g/mol. The van der Waals surface area contributed by atoms with Crippen molar-refractivity contribution in [3.8, 4) is 17.1 Å². The van der Waals surface area contributed by atoms with Crippen molar-refractivity contribution in [2.24, 2.45) is 5.92 Å². The van der Waals surface area contributed by atoms with E-state index in [0.717, 1.165) is 46.8 Å². The monoisotopic (exact) mass is 480 g/mol. The average Bonchev–Trinajstić information content (AvgIpc) is 3.48. The second-order valence-corrected chi connectivity index (χ2v) is 9.13. The van der Waals surface area contributed by atoms with Gasteiger partial charge in [0.05, 0.1) is 18.4 Å². The molecule has 1 aliphatic heterocycles. The summed E-state index contributed by atoms with van der Waals surface area (Å²) >= 11 is 0. The first-order valence-electron chi connectivity index (χ1n) is 11.6. The molecule has 180 valence electrons. The molecule has 0 saturated heterocycles. The number of methoxy groups -OCH3 is 1. The Balaban J connectivity index is 1.48. The lowest BCUT2D eigenvalue weighted by Gasteiger charge is -2.35. The molecule has 2 aromatic carbocycles. The van der Waals surface area contributed by atoms with Crippen molar-refractivity contribution in [1.82, 2.24) is 9.88 Å². The number of alkyl halides is 3. The van der Waals surface area contributed by atoms with E-state index in [1.165, 1.54) is 12.1 Å². The van der Waals surface area contributed by atoms with Crippen LogP contribution in [-0.2, 0) is 17.4 Å². The van der Waals surface area contributed by atoms with Crippen molar-refractivity contribution in [2.75, 3.05) is 13.7 Å². The van der Waals surface area contributed by atoms with Gasteiger partial charge < -0.3 is 19.0 Å². The van der Waals surface area contributed by atoms with Gasteiger partial charge in [0.2, 0.25) is 5.91 Å². The van der Waals surface area contributed by atoms with Crippen molar-refractivity contribution in [1.29, 1.82) is 0 Å². The van der Waals surface area contributed by atoms with Gasteiger partial charge in [-0.1, -0.05) is 18.2 Å². The van der Waals surface area contributed by atoms with E-state index in [0.29, 0.717) is 18.7 Å². The molecule has 2 aromatic heterocycles. The molecule has 1 aliphatic carbocycles.